The van der Waals surface area contributed by atoms with Gasteiger partial charge >= 0.3 is 0 Å². The number of anilines is 1. The fourth-order valence-corrected chi connectivity index (χ4v) is 3.88. The number of benzene rings is 3. The summed E-state index contributed by atoms with van der Waals surface area (Å²) in [6.45, 7) is 4.43. The standard InChI is InChI=1S/C23H24N2O2/c1-17-16-24(14-15-25(17)19-10-12-20(27-2)13-11-19)23(26)22-9-5-7-18-6-3-4-8-21(18)22/h3-13,17H,14-16H2,1-2H3. The number of piperazine rings is 1. The van der Waals surface area contributed by atoms with Crippen LogP contribution >= 0.6 is 0 Å². The zero-order chi connectivity index (χ0) is 18.8. The molecule has 0 spiro atoms. The Morgan fingerprint density at radius 1 is 0.963 bits per heavy atom. The monoisotopic (exact) mass is 360 g/mol. The molecule has 1 fully saturated rings. The van der Waals surface area contributed by atoms with E-state index in [2.05, 4.69) is 36.1 Å². The molecule has 1 aliphatic rings. The number of nitrogens with zero attached hydrogens (tertiary/aromatic N) is 2. The average molecular weight is 360 g/mol. The molecule has 3 aromatic rings. The third kappa shape index (κ3) is 3.35. The molecule has 4 heteroatoms. The van der Waals surface area contributed by atoms with Crippen molar-refractivity contribution in [2.75, 3.05) is 31.6 Å². The van der Waals surface area contributed by atoms with E-state index in [1.165, 1.54) is 5.69 Å². The van der Waals surface area contributed by atoms with E-state index in [1.54, 1.807) is 7.11 Å². The summed E-state index contributed by atoms with van der Waals surface area (Å²) < 4.78 is 5.24. The molecule has 27 heavy (non-hydrogen) atoms. The Morgan fingerprint density at radius 3 is 2.44 bits per heavy atom. The summed E-state index contributed by atoms with van der Waals surface area (Å²) in [4.78, 5) is 17.5. The summed E-state index contributed by atoms with van der Waals surface area (Å²) in [6, 6.07) is 22.4. The first-order chi connectivity index (χ1) is 13.2. The normalized spacial score (nSPS) is 17.2. The van der Waals surface area contributed by atoms with E-state index in [4.69, 9.17) is 4.74 Å². The minimum Gasteiger partial charge on any atom is -0.497 e. The fraction of sp³-hybridized carbons (Fsp3) is 0.261. The van der Waals surface area contributed by atoms with Gasteiger partial charge in [0.05, 0.1) is 7.11 Å². The molecule has 1 aliphatic heterocycles. The Bertz CT molecular complexity index is 947. The lowest BCUT2D eigenvalue weighted by Crippen LogP contribution is -2.53. The first kappa shape index (κ1) is 17.4. The van der Waals surface area contributed by atoms with Crippen molar-refractivity contribution >= 4 is 22.4 Å². The molecule has 138 valence electrons. The van der Waals surface area contributed by atoms with Crippen molar-refractivity contribution < 1.29 is 9.53 Å². The molecule has 4 rings (SSSR count). The number of hydrogen-bond donors (Lipinski definition) is 0. The van der Waals surface area contributed by atoms with Gasteiger partial charge in [0.25, 0.3) is 5.91 Å². The molecule has 0 saturated carbocycles. The first-order valence-electron chi connectivity index (χ1n) is 9.35. The summed E-state index contributed by atoms with van der Waals surface area (Å²) in [7, 11) is 1.68. The van der Waals surface area contributed by atoms with Gasteiger partial charge < -0.3 is 14.5 Å². The minimum absolute atomic E-state index is 0.119. The third-order valence-corrected chi connectivity index (χ3v) is 5.34. The van der Waals surface area contributed by atoms with Gasteiger partial charge in [0.1, 0.15) is 5.75 Å². The summed E-state index contributed by atoms with van der Waals surface area (Å²) in [5, 5.41) is 2.13. The highest BCUT2D eigenvalue weighted by Gasteiger charge is 2.28. The van der Waals surface area contributed by atoms with E-state index in [1.807, 2.05) is 47.4 Å². The number of carbonyl (C=O) groups is 1. The Labute approximate surface area is 160 Å². The minimum atomic E-state index is 0.119. The van der Waals surface area contributed by atoms with Crippen molar-refractivity contribution in [2.24, 2.45) is 0 Å². The highest BCUT2D eigenvalue weighted by molar-refractivity contribution is 6.07. The van der Waals surface area contributed by atoms with Crippen LogP contribution in [0.15, 0.2) is 66.7 Å². The lowest BCUT2D eigenvalue weighted by Gasteiger charge is -2.41. The maximum atomic E-state index is 13.2. The summed E-state index contributed by atoms with van der Waals surface area (Å²) in [6.07, 6.45) is 0. The predicted octanol–water partition coefficient (Wildman–Crippen LogP) is 4.20. The average Bonchev–Trinajstić information content (AvgIpc) is 2.73. The van der Waals surface area contributed by atoms with Crippen molar-refractivity contribution in [2.45, 2.75) is 13.0 Å². The van der Waals surface area contributed by atoms with E-state index in [0.717, 1.165) is 35.2 Å². The van der Waals surface area contributed by atoms with E-state index in [0.29, 0.717) is 6.54 Å². The first-order valence-corrected chi connectivity index (χ1v) is 9.35. The highest BCUT2D eigenvalue weighted by Crippen LogP contribution is 2.25. The van der Waals surface area contributed by atoms with Gasteiger partial charge in [-0.15, -0.1) is 0 Å². The van der Waals surface area contributed by atoms with Crippen LogP contribution in [0.1, 0.15) is 17.3 Å². The smallest absolute Gasteiger partial charge is 0.254 e. The van der Waals surface area contributed by atoms with Gasteiger partial charge in [0.2, 0.25) is 0 Å². The maximum Gasteiger partial charge on any atom is 0.254 e. The maximum absolute atomic E-state index is 13.2. The third-order valence-electron chi connectivity index (χ3n) is 5.34. The molecule has 0 bridgehead atoms. The van der Waals surface area contributed by atoms with E-state index < -0.39 is 0 Å². The van der Waals surface area contributed by atoms with Crippen LogP contribution < -0.4 is 9.64 Å². The Balaban J connectivity index is 1.52. The molecule has 1 amide bonds. The van der Waals surface area contributed by atoms with E-state index in [-0.39, 0.29) is 11.9 Å². The van der Waals surface area contributed by atoms with Crippen molar-refractivity contribution in [1.82, 2.24) is 4.90 Å². The zero-order valence-corrected chi connectivity index (χ0v) is 15.8. The van der Waals surface area contributed by atoms with Crippen LogP contribution in [0.3, 0.4) is 0 Å². The second-order valence-electron chi connectivity index (χ2n) is 7.02. The fourth-order valence-electron chi connectivity index (χ4n) is 3.88. The molecule has 0 aromatic heterocycles. The Morgan fingerprint density at radius 2 is 1.70 bits per heavy atom. The number of carbonyl (C=O) groups excluding carboxylic acids is 1. The second kappa shape index (κ2) is 7.31. The van der Waals surface area contributed by atoms with Crippen molar-refractivity contribution in [3.63, 3.8) is 0 Å². The lowest BCUT2D eigenvalue weighted by atomic mass is 10.0. The van der Waals surface area contributed by atoms with Crippen molar-refractivity contribution in [1.29, 1.82) is 0 Å². The van der Waals surface area contributed by atoms with Crippen LogP contribution in [-0.2, 0) is 0 Å². The largest absolute Gasteiger partial charge is 0.497 e. The number of fused-ring (bicyclic) bond motifs is 1. The topological polar surface area (TPSA) is 32.8 Å². The molecule has 4 nitrogen and oxygen atoms in total. The number of amides is 1. The van der Waals surface area contributed by atoms with Crippen LogP contribution in [0.5, 0.6) is 5.75 Å². The van der Waals surface area contributed by atoms with Crippen LogP contribution in [0.25, 0.3) is 10.8 Å². The Hall–Kier alpha value is -3.01. The molecule has 0 radical (unpaired) electrons. The summed E-state index contributed by atoms with van der Waals surface area (Å²) in [5.74, 6) is 0.976. The van der Waals surface area contributed by atoms with Crippen LogP contribution in [0.4, 0.5) is 5.69 Å². The Kier molecular flexibility index (Phi) is 4.71. The predicted molar refractivity (Wildman–Crippen MR) is 110 cm³/mol. The van der Waals surface area contributed by atoms with Gasteiger partial charge in [-0.25, -0.2) is 0 Å². The summed E-state index contributed by atoms with van der Waals surface area (Å²) in [5.41, 5.74) is 1.96. The van der Waals surface area contributed by atoms with Gasteiger partial charge in [0.15, 0.2) is 0 Å². The van der Waals surface area contributed by atoms with Gasteiger partial charge in [-0.2, -0.15) is 0 Å². The van der Waals surface area contributed by atoms with Crippen molar-refractivity contribution in [3.8, 4) is 5.75 Å². The molecule has 1 saturated heterocycles. The van der Waals surface area contributed by atoms with E-state index >= 15 is 0 Å². The highest BCUT2D eigenvalue weighted by atomic mass is 16.5. The van der Waals surface area contributed by atoms with Gasteiger partial charge in [-0.05, 0) is 48.0 Å². The lowest BCUT2D eigenvalue weighted by molar-refractivity contribution is 0.0728. The summed E-state index contributed by atoms with van der Waals surface area (Å²) >= 11 is 0. The number of rotatable bonds is 3. The van der Waals surface area contributed by atoms with Crippen LogP contribution in [0.2, 0.25) is 0 Å². The second-order valence-corrected chi connectivity index (χ2v) is 7.02. The molecule has 0 N–H and O–H groups in total. The van der Waals surface area contributed by atoms with Gasteiger partial charge in [-0.1, -0.05) is 36.4 Å². The molecule has 3 aromatic carbocycles. The molecular weight excluding hydrogens is 336 g/mol. The molecule has 1 heterocycles. The quantitative estimate of drug-likeness (QED) is 0.702. The SMILES string of the molecule is COc1ccc(N2CCN(C(=O)c3cccc4ccccc34)CC2C)cc1. The number of ether oxygens (including phenoxy) is 1. The van der Waals surface area contributed by atoms with Crippen molar-refractivity contribution in [3.05, 3.63) is 72.3 Å². The number of methoxy groups -OCH3 is 1. The van der Waals surface area contributed by atoms with Gasteiger partial charge in [-0.3, -0.25) is 4.79 Å². The van der Waals surface area contributed by atoms with E-state index in [9.17, 15) is 4.79 Å². The van der Waals surface area contributed by atoms with Gasteiger partial charge in [0, 0.05) is 36.9 Å². The van der Waals surface area contributed by atoms with Crippen LogP contribution in [0, 0.1) is 0 Å². The molecule has 0 aliphatic carbocycles. The molecule has 1 unspecified atom stereocenters. The zero-order valence-electron chi connectivity index (χ0n) is 15.8. The van der Waals surface area contributed by atoms with Crippen LogP contribution in [-0.4, -0.2) is 43.6 Å². The molecular formula is C23H24N2O2. The number of hydrogen-bond acceptors (Lipinski definition) is 3. The molecule has 1 atom stereocenters.